The fraction of sp³-hybridized carbons (Fsp3) is 0.533. The molecule has 0 bridgehead atoms. The van der Waals surface area contributed by atoms with E-state index in [1.807, 2.05) is 0 Å². The first-order valence-corrected chi connectivity index (χ1v) is 7.44. The molecule has 1 aromatic rings. The maximum atomic E-state index is 11.7. The third kappa shape index (κ3) is 5.58. The molecule has 3 heteroatoms. The zero-order chi connectivity index (χ0) is 13.5. The van der Waals surface area contributed by atoms with Crippen LogP contribution in [0.25, 0.3) is 0 Å². The van der Waals surface area contributed by atoms with E-state index in [0.29, 0.717) is 11.7 Å². The molecule has 0 saturated heterocycles. The fourth-order valence-corrected chi connectivity index (χ4v) is 2.51. The molecule has 1 N–H and O–H groups in total. The van der Waals surface area contributed by atoms with Crippen molar-refractivity contribution >= 4 is 17.7 Å². The zero-order valence-corrected chi connectivity index (χ0v) is 12.6. The second-order valence-electron chi connectivity index (χ2n) is 5.09. The number of rotatable bonds is 6. The van der Waals surface area contributed by atoms with E-state index < -0.39 is 0 Å². The molecule has 0 aliphatic rings. The van der Waals surface area contributed by atoms with E-state index in [9.17, 15) is 4.79 Å². The fourth-order valence-electron chi connectivity index (χ4n) is 1.56. The van der Waals surface area contributed by atoms with Gasteiger partial charge in [-0.2, -0.15) is 0 Å². The van der Waals surface area contributed by atoms with Gasteiger partial charge in [0.2, 0.25) is 5.91 Å². The normalized spacial score (nSPS) is 10.7. The van der Waals surface area contributed by atoms with Crippen molar-refractivity contribution < 1.29 is 4.79 Å². The minimum Gasteiger partial charge on any atom is -0.355 e. The molecule has 2 nitrogen and oxygen atoms in total. The topological polar surface area (TPSA) is 29.1 Å². The van der Waals surface area contributed by atoms with Gasteiger partial charge < -0.3 is 5.32 Å². The molecule has 0 spiro atoms. The number of amides is 1. The highest BCUT2D eigenvalue weighted by atomic mass is 32.2. The van der Waals surface area contributed by atoms with Gasteiger partial charge in [0.05, 0.1) is 5.75 Å². The van der Waals surface area contributed by atoms with Crippen LogP contribution in [0.1, 0.15) is 31.4 Å². The van der Waals surface area contributed by atoms with Crippen LogP contribution >= 0.6 is 11.8 Å². The van der Waals surface area contributed by atoms with Crippen LogP contribution in [0.4, 0.5) is 0 Å². The molecule has 0 atom stereocenters. The first-order chi connectivity index (χ1) is 8.49. The average Bonchev–Trinajstić information content (AvgIpc) is 2.30. The predicted octanol–water partition coefficient (Wildman–Crippen LogP) is 3.56. The van der Waals surface area contributed by atoms with Crippen LogP contribution in [0.5, 0.6) is 0 Å². The van der Waals surface area contributed by atoms with Crippen molar-refractivity contribution in [1.82, 2.24) is 5.32 Å². The van der Waals surface area contributed by atoms with Crippen molar-refractivity contribution in [2.45, 2.75) is 39.0 Å². The number of benzene rings is 1. The summed E-state index contributed by atoms with van der Waals surface area (Å²) in [5, 5.41) is 2.96. The summed E-state index contributed by atoms with van der Waals surface area (Å²) in [5.41, 5.74) is 2.48. The van der Waals surface area contributed by atoms with E-state index in [-0.39, 0.29) is 5.91 Å². The highest BCUT2D eigenvalue weighted by Gasteiger charge is 2.05. The summed E-state index contributed by atoms with van der Waals surface area (Å²) in [6.45, 7) is 9.27. The Morgan fingerprint density at radius 2 is 2.06 bits per heavy atom. The Kier molecular flexibility index (Phi) is 6.27. The van der Waals surface area contributed by atoms with Crippen LogP contribution in [-0.4, -0.2) is 18.2 Å². The van der Waals surface area contributed by atoms with Crippen molar-refractivity contribution in [3.05, 3.63) is 29.3 Å². The number of carbonyl (C=O) groups excluding carboxylic acids is 1. The van der Waals surface area contributed by atoms with E-state index >= 15 is 0 Å². The summed E-state index contributed by atoms with van der Waals surface area (Å²) in [4.78, 5) is 12.9. The van der Waals surface area contributed by atoms with E-state index in [1.54, 1.807) is 11.8 Å². The quantitative estimate of drug-likeness (QED) is 0.797. The lowest BCUT2D eigenvalue weighted by Crippen LogP contribution is -2.26. The Bertz CT molecular complexity index is 401. The van der Waals surface area contributed by atoms with Gasteiger partial charge in [0.1, 0.15) is 0 Å². The van der Waals surface area contributed by atoms with E-state index in [2.05, 4.69) is 51.2 Å². The first-order valence-electron chi connectivity index (χ1n) is 6.46. The van der Waals surface area contributed by atoms with E-state index in [1.165, 1.54) is 16.0 Å². The molecular weight excluding hydrogens is 242 g/mol. The molecule has 0 unspecified atom stereocenters. The molecule has 0 aliphatic heterocycles. The molecule has 0 saturated carbocycles. The van der Waals surface area contributed by atoms with Gasteiger partial charge in [-0.1, -0.05) is 31.5 Å². The Morgan fingerprint density at radius 3 is 2.72 bits per heavy atom. The second-order valence-corrected chi connectivity index (χ2v) is 6.11. The number of hydrogen-bond donors (Lipinski definition) is 1. The van der Waals surface area contributed by atoms with Crippen molar-refractivity contribution in [3.8, 4) is 0 Å². The van der Waals surface area contributed by atoms with Crippen LogP contribution in [0.3, 0.4) is 0 Å². The van der Waals surface area contributed by atoms with E-state index in [4.69, 9.17) is 0 Å². The minimum atomic E-state index is 0.126. The summed E-state index contributed by atoms with van der Waals surface area (Å²) in [6.07, 6.45) is 1.04. The second kappa shape index (κ2) is 7.47. The first kappa shape index (κ1) is 15.1. The third-order valence-corrected chi connectivity index (χ3v) is 3.90. The molecule has 100 valence electrons. The van der Waals surface area contributed by atoms with E-state index in [0.717, 1.165) is 13.0 Å². The van der Waals surface area contributed by atoms with Crippen molar-refractivity contribution in [2.24, 2.45) is 5.92 Å². The van der Waals surface area contributed by atoms with Crippen LogP contribution < -0.4 is 5.32 Å². The number of nitrogens with one attached hydrogen (secondary N) is 1. The lowest BCUT2D eigenvalue weighted by atomic mass is 10.1. The minimum absolute atomic E-state index is 0.126. The molecule has 0 aliphatic carbocycles. The zero-order valence-electron chi connectivity index (χ0n) is 11.7. The maximum absolute atomic E-state index is 11.7. The van der Waals surface area contributed by atoms with Gasteiger partial charge in [-0.25, -0.2) is 0 Å². The predicted molar refractivity (Wildman–Crippen MR) is 79.1 cm³/mol. The van der Waals surface area contributed by atoms with Gasteiger partial charge in [-0.15, -0.1) is 11.8 Å². The Hall–Kier alpha value is -0.960. The monoisotopic (exact) mass is 265 g/mol. The molecule has 18 heavy (non-hydrogen) atoms. The average molecular weight is 265 g/mol. The van der Waals surface area contributed by atoms with Crippen molar-refractivity contribution in [2.75, 3.05) is 12.3 Å². The standard InChI is InChI=1S/C15H23NOS/c1-11(2)7-8-16-15(17)10-18-14-9-12(3)5-6-13(14)4/h5-6,9,11H,7-8,10H2,1-4H3,(H,16,17). The van der Waals surface area contributed by atoms with Gasteiger partial charge in [-0.05, 0) is 37.8 Å². The van der Waals surface area contributed by atoms with Crippen LogP contribution in [0.2, 0.25) is 0 Å². The number of carbonyl (C=O) groups is 1. The molecular formula is C15H23NOS. The number of thioether (sulfide) groups is 1. The van der Waals surface area contributed by atoms with Gasteiger partial charge in [-0.3, -0.25) is 4.79 Å². The van der Waals surface area contributed by atoms with Gasteiger partial charge >= 0.3 is 0 Å². The number of aryl methyl sites for hydroxylation is 2. The lowest BCUT2D eigenvalue weighted by molar-refractivity contribution is -0.118. The maximum Gasteiger partial charge on any atom is 0.230 e. The van der Waals surface area contributed by atoms with Crippen LogP contribution in [0.15, 0.2) is 23.1 Å². The molecule has 1 rings (SSSR count). The van der Waals surface area contributed by atoms with Gasteiger partial charge in [0.25, 0.3) is 0 Å². The summed E-state index contributed by atoms with van der Waals surface area (Å²) < 4.78 is 0. The summed E-state index contributed by atoms with van der Waals surface area (Å²) in [7, 11) is 0. The molecule has 1 aromatic carbocycles. The highest BCUT2D eigenvalue weighted by Crippen LogP contribution is 2.23. The summed E-state index contributed by atoms with van der Waals surface area (Å²) in [6, 6.07) is 6.35. The highest BCUT2D eigenvalue weighted by molar-refractivity contribution is 8.00. The summed E-state index contributed by atoms with van der Waals surface area (Å²) in [5.74, 6) is 1.26. The Labute approximate surface area is 115 Å². The van der Waals surface area contributed by atoms with Crippen LogP contribution in [-0.2, 0) is 4.79 Å². The molecule has 0 heterocycles. The molecule has 0 radical (unpaired) electrons. The molecule has 0 fully saturated rings. The SMILES string of the molecule is Cc1ccc(C)c(SCC(=O)NCCC(C)C)c1. The van der Waals surface area contributed by atoms with Gasteiger partial charge in [0, 0.05) is 11.4 Å². The molecule has 0 aromatic heterocycles. The number of hydrogen-bond acceptors (Lipinski definition) is 2. The largest absolute Gasteiger partial charge is 0.355 e. The lowest BCUT2D eigenvalue weighted by Gasteiger charge is -2.08. The van der Waals surface area contributed by atoms with Crippen molar-refractivity contribution in [1.29, 1.82) is 0 Å². The van der Waals surface area contributed by atoms with Crippen molar-refractivity contribution in [3.63, 3.8) is 0 Å². The third-order valence-electron chi connectivity index (χ3n) is 2.75. The smallest absolute Gasteiger partial charge is 0.230 e. The summed E-state index contributed by atoms with van der Waals surface area (Å²) >= 11 is 1.62. The Balaban J connectivity index is 2.36. The van der Waals surface area contributed by atoms with Gasteiger partial charge in [0.15, 0.2) is 0 Å². The molecule has 1 amide bonds. The Morgan fingerprint density at radius 1 is 1.33 bits per heavy atom. The van der Waals surface area contributed by atoms with Crippen LogP contribution in [0, 0.1) is 19.8 Å².